The quantitative estimate of drug-likeness (QED) is 0.167. The van der Waals surface area contributed by atoms with Gasteiger partial charge in [-0.3, -0.25) is 0 Å². The van der Waals surface area contributed by atoms with Crippen LogP contribution in [0, 0.1) is 0 Å². The summed E-state index contributed by atoms with van der Waals surface area (Å²) >= 11 is 0. The average Bonchev–Trinajstić information content (AvgIpc) is 3.18. The van der Waals surface area contributed by atoms with E-state index in [4.69, 9.17) is 0 Å². The summed E-state index contributed by atoms with van der Waals surface area (Å²) in [5, 5.41) is 7.62. The molecule has 0 heterocycles. The van der Waals surface area contributed by atoms with E-state index in [1.165, 1.54) is 65.7 Å². The largest absolute Gasteiger partial charge is 0.311 e. The number of benzene rings is 9. The van der Waals surface area contributed by atoms with Gasteiger partial charge in [-0.25, -0.2) is 0 Å². The number of fused-ring (bicyclic) bond motifs is 4. The van der Waals surface area contributed by atoms with Crippen LogP contribution in [0.1, 0.15) is 0 Å². The maximum absolute atomic E-state index is 2.33. The zero-order chi connectivity index (χ0) is 32.6. The molecule has 0 saturated carbocycles. The molecule has 9 aromatic rings. The van der Waals surface area contributed by atoms with Crippen LogP contribution < -0.4 is 4.90 Å². The van der Waals surface area contributed by atoms with E-state index >= 15 is 0 Å². The van der Waals surface area contributed by atoms with E-state index in [0.29, 0.717) is 0 Å². The second-order valence-electron chi connectivity index (χ2n) is 12.6. The molecular weight excluding hydrogens is 591 g/mol. The van der Waals surface area contributed by atoms with Crippen molar-refractivity contribution >= 4 is 49.4 Å². The predicted molar refractivity (Wildman–Crippen MR) is 210 cm³/mol. The van der Waals surface area contributed by atoms with Crippen LogP contribution in [0.4, 0.5) is 17.1 Å². The summed E-state index contributed by atoms with van der Waals surface area (Å²) in [7, 11) is 0. The predicted octanol–water partition coefficient (Wildman–Crippen LogP) is 13.6. The summed E-state index contributed by atoms with van der Waals surface area (Å²) in [6.45, 7) is 0. The molecule has 0 bridgehead atoms. The first kappa shape index (κ1) is 28.8. The van der Waals surface area contributed by atoms with Crippen LogP contribution in [-0.2, 0) is 0 Å². The van der Waals surface area contributed by atoms with Crippen molar-refractivity contribution in [1.29, 1.82) is 0 Å². The van der Waals surface area contributed by atoms with E-state index in [2.05, 4.69) is 205 Å². The van der Waals surface area contributed by atoms with Crippen LogP contribution >= 0.6 is 0 Å². The molecule has 0 N–H and O–H groups in total. The highest BCUT2D eigenvalue weighted by atomic mass is 15.1. The van der Waals surface area contributed by atoms with Crippen molar-refractivity contribution in [3.05, 3.63) is 200 Å². The van der Waals surface area contributed by atoms with Crippen LogP contribution in [0.15, 0.2) is 200 Å². The van der Waals surface area contributed by atoms with E-state index in [9.17, 15) is 0 Å². The van der Waals surface area contributed by atoms with Gasteiger partial charge < -0.3 is 4.90 Å². The molecule has 0 atom stereocenters. The highest BCUT2D eigenvalue weighted by molar-refractivity contribution is 6.13. The van der Waals surface area contributed by atoms with E-state index in [-0.39, 0.29) is 0 Å². The van der Waals surface area contributed by atoms with Crippen molar-refractivity contribution in [3.8, 4) is 33.4 Å². The SMILES string of the molecule is c1ccc(-c2cccc3ccc(-c4ccc(N(c5ccccc5)c5ccc(-c6cc7ccccc7c7ccccc67)cc5)cc4)cc23)cc1. The van der Waals surface area contributed by atoms with Crippen molar-refractivity contribution < 1.29 is 0 Å². The molecule has 49 heavy (non-hydrogen) atoms. The zero-order valence-corrected chi connectivity index (χ0v) is 27.0. The molecule has 0 radical (unpaired) electrons. The third-order valence-electron chi connectivity index (χ3n) is 9.64. The van der Waals surface area contributed by atoms with Crippen molar-refractivity contribution in [1.82, 2.24) is 0 Å². The second-order valence-corrected chi connectivity index (χ2v) is 12.6. The molecule has 0 aliphatic heterocycles. The smallest absolute Gasteiger partial charge is 0.0462 e. The summed E-state index contributed by atoms with van der Waals surface area (Å²) in [6, 6.07) is 72.3. The van der Waals surface area contributed by atoms with Gasteiger partial charge >= 0.3 is 0 Å². The molecule has 0 unspecified atom stereocenters. The number of hydrogen-bond donors (Lipinski definition) is 0. The first-order valence-corrected chi connectivity index (χ1v) is 16.8. The molecule has 0 spiro atoms. The number of nitrogens with zero attached hydrogens (tertiary/aromatic N) is 1. The fourth-order valence-electron chi connectivity index (χ4n) is 7.23. The Hall–Kier alpha value is -6.44. The van der Waals surface area contributed by atoms with Gasteiger partial charge in [0, 0.05) is 17.1 Å². The molecule has 9 rings (SSSR count). The van der Waals surface area contributed by atoms with Gasteiger partial charge in [-0.05, 0) is 114 Å². The lowest BCUT2D eigenvalue weighted by atomic mass is 9.93. The molecule has 1 heteroatoms. The Morgan fingerprint density at radius 2 is 0.776 bits per heavy atom. The lowest BCUT2D eigenvalue weighted by molar-refractivity contribution is 1.28. The molecule has 1 nitrogen and oxygen atoms in total. The molecule has 0 aromatic heterocycles. The molecule has 9 aromatic carbocycles. The molecular formula is C48H33N. The van der Waals surface area contributed by atoms with Crippen molar-refractivity contribution in [2.45, 2.75) is 0 Å². The number of para-hydroxylation sites is 1. The second kappa shape index (κ2) is 12.3. The van der Waals surface area contributed by atoms with E-state index in [1.54, 1.807) is 0 Å². The average molecular weight is 624 g/mol. The molecule has 0 saturated heterocycles. The normalized spacial score (nSPS) is 11.3. The lowest BCUT2D eigenvalue weighted by Gasteiger charge is -2.26. The molecule has 230 valence electrons. The van der Waals surface area contributed by atoms with Crippen LogP contribution in [0.3, 0.4) is 0 Å². The highest BCUT2D eigenvalue weighted by Crippen LogP contribution is 2.40. The number of rotatable bonds is 6. The maximum Gasteiger partial charge on any atom is 0.0462 e. The van der Waals surface area contributed by atoms with Gasteiger partial charge in [0.25, 0.3) is 0 Å². The van der Waals surface area contributed by atoms with Gasteiger partial charge in [0.15, 0.2) is 0 Å². The minimum atomic E-state index is 1.12. The van der Waals surface area contributed by atoms with Gasteiger partial charge in [0.2, 0.25) is 0 Å². The minimum absolute atomic E-state index is 1.12. The summed E-state index contributed by atoms with van der Waals surface area (Å²) in [6.07, 6.45) is 0. The van der Waals surface area contributed by atoms with Crippen LogP contribution in [0.2, 0.25) is 0 Å². The third kappa shape index (κ3) is 5.32. The standard InChI is InChI=1S/C48H33N/c1-3-12-35(13-4-1)43-21-11-15-36-22-23-38(32-47(36)43)34-24-28-41(29-25-34)49(40-16-5-2-6-17-40)42-30-26-37(27-31-42)48-33-39-14-7-8-18-44(39)45-19-9-10-20-46(45)48/h1-33H. The van der Waals surface area contributed by atoms with E-state index in [1.807, 2.05) is 0 Å². The fraction of sp³-hybridized carbons (Fsp3) is 0. The number of anilines is 3. The maximum atomic E-state index is 2.33. The van der Waals surface area contributed by atoms with Crippen LogP contribution in [-0.4, -0.2) is 0 Å². The monoisotopic (exact) mass is 623 g/mol. The zero-order valence-electron chi connectivity index (χ0n) is 27.0. The Labute approximate surface area is 287 Å². The van der Waals surface area contributed by atoms with Crippen LogP contribution in [0.25, 0.3) is 65.7 Å². The topological polar surface area (TPSA) is 3.24 Å². The van der Waals surface area contributed by atoms with Crippen molar-refractivity contribution in [3.63, 3.8) is 0 Å². The minimum Gasteiger partial charge on any atom is -0.311 e. The lowest BCUT2D eigenvalue weighted by Crippen LogP contribution is -2.09. The van der Waals surface area contributed by atoms with E-state index in [0.717, 1.165) is 17.1 Å². The summed E-state index contributed by atoms with van der Waals surface area (Å²) in [5.74, 6) is 0. The number of hydrogen-bond acceptors (Lipinski definition) is 1. The van der Waals surface area contributed by atoms with Crippen LogP contribution in [0.5, 0.6) is 0 Å². The Morgan fingerprint density at radius 1 is 0.245 bits per heavy atom. The first-order chi connectivity index (χ1) is 24.3. The molecule has 0 aliphatic carbocycles. The van der Waals surface area contributed by atoms with E-state index < -0.39 is 0 Å². The Balaban J connectivity index is 1.09. The Bertz CT molecular complexity index is 2570. The van der Waals surface area contributed by atoms with Gasteiger partial charge in [-0.15, -0.1) is 0 Å². The molecule has 0 amide bonds. The third-order valence-corrected chi connectivity index (χ3v) is 9.64. The van der Waals surface area contributed by atoms with Gasteiger partial charge in [-0.1, -0.05) is 152 Å². The van der Waals surface area contributed by atoms with Gasteiger partial charge in [0.05, 0.1) is 0 Å². The van der Waals surface area contributed by atoms with Gasteiger partial charge in [-0.2, -0.15) is 0 Å². The van der Waals surface area contributed by atoms with Crippen molar-refractivity contribution in [2.75, 3.05) is 4.90 Å². The summed E-state index contributed by atoms with van der Waals surface area (Å²) < 4.78 is 0. The molecule has 0 aliphatic rings. The first-order valence-electron chi connectivity index (χ1n) is 16.8. The van der Waals surface area contributed by atoms with Crippen molar-refractivity contribution in [2.24, 2.45) is 0 Å². The molecule has 0 fully saturated rings. The van der Waals surface area contributed by atoms with Gasteiger partial charge in [0.1, 0.15) is 0 Å². The Morgan fingerprint density at radius 3 is 1.51 bits per heavy atom. The summed E-state index contributed by atoms with van der Waals surface area (Å²) in [5.41, 5.74) is 10.7. The highest BCUT2D eigenvalue weighted by Gasteiger charge is 2.15. The summed E-state index contributed by atoms with van der Waals surface area (Å²) in [4.78, 5) is 2.33. The Kier molecular flexibility index (Phi) is 7.22. The fourth-order valence-corrected chi connectivity index (χ4v) is 7.23.